The van der Waals surface area contributed by atoms with E-state index in [4.69, 9.17) is 0 Å². The molecule has 0 aromatic heterocycles. The van der Waals surface area contributed by atoms with Crippen LogP contribution in [0.25, 0.3) is 10.8 Å². The Labute approximate surface area is 136 Å². The molecule has 4 rings (SSSR count). The van der Waals surface area contributed by atoms with Gasteiger partial charge in [-0.05, 0) is 41.8 Å². The number of hydrogen-bond donors (Lipinski definition) is 1. The van der Waals surface area contributed by atoms with E-state index >= 15 is 0 Å². The minimum absolute atomic E-state index is 0.0427. The lowest BCUT2D eigenvalue weighted by molar-refractivity contribution is -0.117. The summed E-state index contributed by atoms with van der Waals surface area (Å²) in [7, 11) is 0. The Kier molecular flexibility index (Phi) is 3.58. The van der Waals surface area contributed by atoms with Gasteiger partial charge in [-0.3, -0.25) is 4.79 Å². The van der Waals surface area contributed by atoms with Crippen molar-refractivity contribution in [1.82, 2.24) is 0 Å². The normalized spacial score (nSPS) is 16.8. The second-order valence-electron chi connectivity index (χ2n) is 6.16. The third kappa shape index (κ3) is 2.61. The summed E-state index contributed by atoms with van der Waals surface area (Å²) < 4.78 is 0. The monoisotopic (exact) mass is 301 g/mol. The fraction of sp³-hybridized carbons (Fsp3) is 0.190. The highest BCUT2D eigenvalue weighted by molar-refractivity contribution is 6.04. The Bertz CT molecular complexity index is 863. The molecule has 0 saturated heterocycles. The molecule has 1 N–H and O–H groups in total. The minimum atomic E-state index is -0.0427. The first kappa shape index (κ1) is 14.0. The molecular weight excluding hydrogens is 282 g/mol. The van der Waals surface area contributed by atoms with Crippen molar-refractivity contribution in [2.24, 2.45) is 0 Å². The lowest BCUT2D eigenvalue weighted by Crippen LogP contribution is -2.24. The number of rotatable bonds is 2. The van der Waals surface area contributed by atoms with Gasteiger partial charge in [-0.15, -0.1) is 0 Å². The van der Waals surface area contributed by atoms with E-state index in [9.17, 15) is 4.79 Å². The SMILES string of the molecule is O=C(Nc1cccc2ccccc12)[C@@H]1CCCc2ccccc21. The molecule has 1 atom stereocenters. The summed E-state index contributed by atoms with van der Waals surface area (Å²) in [5.74, 6) is 0.0624. The van der Waals surface area contributed by atoms with Crippen molar-refractivity contribution in [3.05, 3.63) is 77.9 Å². The number of carbonyl (C=O) groups excluding carboxylic acids is 1. The number of fused-ring (bicyclic) bond motifs is 2. The molecule has 114 valence electrons. The number of aryl methyl sites for hydroxylation is 1. The van der Waals surface area contributed by atoms with E-state index in [1.807, 2.05) is 30.3 Å². The lowest BCUT2D eigenvalue weighted by atomic mass is 9.82. The highest BCUT2D eigenvalue weighted by Gasteiger charge is 2.26. The van der Waals surface area contributed by atoms with E-state index in [0.29, 0.717) is 0 Å². The van der Waals surface area contributed by atoms with E-state index in [1.165, 1.54) is 11.1 Å². The molecule has 0 heterocycles. The quantitative estimate of drug-likeness (QED) is 0.716. The van der Waals surface area contributed by atoms with Crippen LogP contribution in [-0.2, 0) is 11.2 Å². The van der Waals surface area contributed by atoms with Gasteiger partial charge in [0.15, 0.2) is 0 Å². The number of nitrogens with one attached hydrogen (secondary N) is 1. The van der Waals surface area contributed by atoms with Crippen molar-refractivity contribution >= 4 is 22.4 Å². The van der Waals surface area contributed by atoms with Crippen LogP contribution >= 0.6 is 0 Å². The molecule has 3 aromatic rings. The molecule has 2 nitrogen and oxygen atoms in total. The van der Waals surface area contributed by atoms with Gasteiger partial charge in [0.05, 0.1) is 5.92 Å². The highest BCUT2D eigenvalue weighted by atomic mass is 16.1. The summed E-state index contributed by atoms with van der Waals surface area (Å²) in [5.41, 5.74) is 3.41. The first-order valence-corrected chi connectivity index (χ1v) is 8.19. The predicted molar refractivity (Wildman–Crippen MR) is 94.7 cm³/mol. The first-order valence-electron chi connectivity index (χ1n) is 8.19. The Morgan fingerprint density at radius 2 is 1.70 bits per heavy atom. The number of benzene rings is 3. The molecule has 0 fully saturated rings. The number of amides is 1. The molecule has 0 aliphatic heterocycles. The third-order valence-electron chi connectivity index (χ3n) is 4.73. The largest absolute Gasteiger partial charge is 0.325 e. The van der Waals surface area contributed by atoms with Crippen molar-refractivity contribution in [3.8, 4) is 0 Å². The third-order valence-corrected chi connectivity index (χ3v) is 4.73. The zero-order valence-electron chi connectivity index (χ0n) is 13.0. The topological polar surface area (TPSA) is 29.1 Å². The van der Waals surface area contributed by atoms with Crippen molar-refractivity contribution < 1.29 is 4.79 Å². The second kappa shape index (κ2) is 5.88. The molecule has 1 aliphatic carbocycles. The second-order valence-corrected chi connectivity index (χ2v) is 6.16. The van der Waals surface area contributed by atoms with Gasteiger partial charge < -0.3 is 5.32 Å². The van der Waals surface area contributed by atoms with Crippen LogP contribution in [0.2, 0.25) is 0 Å². The molecule has 0 unspecified atom stereocenters. The maximum Gasteiger partial charge on any atom is 0.231 e. The summed E-state index contributed by atoms with van der Waals surface area (Å²) >= 11 is 0. The van der Waals surface area contributed by atoms with E-state index in [0.717, 1.165) is 35.7 Å². The summed E-state index contributed by atoms with van der Waals surface area (Å²) in [4.78, 5) is 12.9. The van der Waals surface area contributed by atoms with Gasteiger partial charge in [-0.1, -0.05) is 60.7 Å². The smallest absolute Gasteiger partial charge is 0.231 e. The molecule has 0 radical (unpaired) electrons. The molecule has 1 amide bonds. The first-order chi connectivity index (χ1) is 11.3. The van der Waals surface area contributed by atoms with E-state index in [1.54, 1.807) is 0 Å². The zero-order valence-corrected chi connectivity index (χ0v) is 13.0. The van der Waals surface area contributed by atoms with Gasteiger partial charge >= 0.3 is 0 Å². The van der Waals surface area contributed by atoms with E-state index in [-0.39, 0.29) is 11.8 Å². The highest BCUT2D eigenvalue weighted by Crippen LogP contribution is 2.33. The molecule has 0 bridgehead atoms. The molecule has 1 aliphatic rings. The van der Waals surface area contributed by atoms with Crippen molar-refractivity contribution in [1.29, 1.82) is 0 Å². The van der Waals surface area contributed by atoms with Crippen LogP contribution in [0.3, 0.4) is 0 Å². The molecule has 0 saturated carbocycles. The fourth-order valence-electron chi connectivity index (χ4n) is 3.58. The molecule has 0 spiro atoms. The maximum absolute atomic E-state index is 12.9. The Balaban J connectivity index is 1.66. The summed E-state index contributed by atoms with van der Waals surface area (Å²) in [6.45, 7) is 0. The lowest BCUT2D eigenvalue weighted by Gasteiger charge is -2.24. The van der Waals surface area contributed by atoms with Crippen LogP contribution < -0.4 is 5.32 Å². The Hall–Kier alpha value is -2.61. The van der Waals surface area contributed by atoms with Crippen molar-refractivity contribution in [2.45, 2.75) is 25.2 Å². The van der Waals surface area contributed by atoms with Crippen LogP contribution in [0.15, 0.2) is 66.7 Å². The maximum atomic E-state index is 12.9. The number of carbonyl (C=O) groups is 1. The summed E-state index contributed by atoms with van der Waals surface area (Å²) in [5, 5.41) is 5.39. The Morgan fingerprint density at radius 1 is 0.913 bits per heavy atom. The van der Waals surface area contributed by atoms with Crippen molar-refractivity contribution in [3.63, 3.8) is 0 Å². The molecule has 23 heavy (non-hydrogen) atoms. The summed E-state index contributed by atoms with van der Waals surface area (Å²) in [6, 6.07) is 22.5. The van der Waals surface area contributed by atoms with Gasteiger partial charge in [0, 0.05) is 11.1 Å². The van der Waals surface area contributed by atoms with Crippen LogP contribution in [0, 0.1) is 0 Å². The van der Waals surface area contributed by atoms with E-state index < -0.39 is 0 Å². The average molecular weight is 301 g/mol. The van der Waals surface area contributed by atoms with Crippen LogP contribution in [0.5, 0.6) is 0 Å². The van der Waals surface area contributed by atoms with Crippen LogP contribution in [-0.4, -0.2) is 5.91 Å². The standard InChI is InChI=1S/C21H19NO/c23-21(19-13-5-9-15-7-1-3-11-17(15)19)22-20-14-6-10-16-8-2-4-12-18(16)20/h1-4,6-8,10-12,14,19H,5,9,13H2,(H,22,23)/t19-/m1/s1. The fourth-order valence-corrected chi connectivity index (χ4v) is 3.58. The van der Waals surface area contributed by atoms with Crippen LogP contribution in [0.4, 0.5) is 5.69 Å². The van der Waals surface area contributed by atoms with Gasteiger partial charge in [-0.25, -0.2) is 0 Å². The van der Waals surface area contributed by atoms with Crippen LogP contribution in [0.1, 0.15) is 29.9 Å². The van der Waals surface area contributed by atoms with Gasteiger partial charge in [0.1, 0.15) is 0 Å². The minimum Gasteiger partial charge on any atom is -0.325 e. The van der Waals surface area contributed by atoms with Gasteiger partial charge in [0.25, 0.3) is 0 Å². The molecule has 2 heteroatoms. The molecular formula is C21H19NO. The van der Waals surface area contributed by atoms with Crippen molar-refractivity contribution in [2.75, 3.05) is 5.32 Å². The Morgan fingerprint density at radius 3 is 2.65 bits per heavy atom. The van der Waals surface area contributed by atoms with Gasteiger partial charge in [0.2, 0.25) is 5.91 Å². The zero-order chi connectivity index (χ0) is 15.6. The summed E-state index contributed by atoms with van der Waals surface area (Å²) in [6.07, 6.45) is 3.08. The molecule has 3 aromatic carbocycles. The average Bonchev–Trinajstić information content (AvgIpc) is 2.61. The van der Waals surface area contributed by atoms with Gasteiger partial charge in [-0.2, -0.15) is 0 Å². The number of anilines is 1. The number of hydrogen-bond acceptors (Lipinski definition) is 1. The van der Waals surface area contributed by atoms with E-state index in [2.05, 4.69) is 41.7 Å². The predicted octanol–water partition coefficient (Wildman–Crippen LogP) is 4.90.